The number of hydrogen-bond donors (Lipinski definition) is 0. The second kappa shape index (κ2) is 4.19. The minimum Gasteiger partial charge on any atom is -0.304 e. The highest BCUT2D eigenvalue weighted by Gasteiger charge is 2.33. The molecular formula is C10H21NO2S. The molecule has 1 rings (SSSR count). The Morgan fingerprint density at radius 2 is 1.93 bits per heavy atom. The molecule has 0 aromatic heterocycles. The molecule has 0 amide bonds. The standard InChI is InChI=1S/C10H21NO2S/c1-8(2)14(12,13)10-5-6-11(4)9(3)7-10/h8-10H,5-7H2,1-4H3/t9-,10?/m0/s1. The van der Waals surface area contributed by atoms with Crippen LogP contribution in [0.15, 0.2) is 0 Å². The van der Waals surface area contributed by atoms with Gasteiger partial charge in [0, 0.05) is 6.04 Å². The molecule has 84 valence electrons. The third-order valence-electron chi connectivity index (χ3n) is 3.28. The van der Waals surface area contributed by atoms with E-state index in [-0.39, 0.29) is 10.5 Å². The van der Waals surface area contributed by atoms with Crippen molar-refractivity contribution in [3.05, 3.63) is 0 Å². The lowest BCUT2D eigenvalue weighted by molar-refractivity contribution is 0.201. The molecule has 0 aliphatic carbocycles. The highest BCUT2D eigenvalue weighted by Crippen LogP contribution is 2.24. The number of rotatable bonds is 2. The molecule has 1 unspecified atom stereocenters. The van der Waals surface area contributed by atoms with Gasteiger partial charge in [0.05, 0.1) is 10.5 Å². The van der Waals surface area contributed by atoms with E-state index in [0.29, 0.717) is 6.04 Å². The summed E-state index contributed by atoms with van der Waals surface area (Å²) in [4.78, 5) is 2.23. The lowest BCUT2D eigenvalue weighted by atomic mass is 10.0. The van der Waals surface area contributed by atoms with Crippen molar-refractivity contribution in [1.82, 2.24) is 4.90 Å². The highest BCUT2D eigenvalue weighted by atomic mass is 32.2. The normalized spacial score (nSPS) is 30.9. The van der Waals surface area contributed by atoms with Gasteiger partial charge in [0.25, 0.3) is 0 Å². The Hall–Kier alpha value is -0.0900. The number of piperidine rings is 1. The van der Waals surface area contributed by atoms with E-state index in [0.717, 1.165) is 19.4 Å². The lowest BCUT2D eigenvalue weighted by Crippen LogP contribution is -2.44. The topological polar surface area (TPSA) is 37.4 Å². The van der Waals surface area contributed by atoms with E-state index < -0.39 is 9.84 Å². The van der Waals surface area contributed by atoms with E-state index in [2.05, 4.69) is 18.9 Å². The summed E-state index contributed by atoms with van der Waals surface area (Å²) in [6, 6.07) is 0.391. The predicted molar refractivity (Wildman–Crippen MR) is 59.2 cm³/mol. The minimum absolute atomic E-state index is 0.117. The van der Waals surface area contributed by atoms with Crippen LogP contribution in [0.4, 0.5) is 0 Å². The molecule has 0 spiro atoms. The summed E-state index contributed by atoms with van der Waals surface area (Å²) in [6.45, 7) is 6.55. The molecule has 4 heteroatoms. The van der Waals surface area contributed by atoms with Crippen molar-refractivity contribution >= 4 is 9.84 Å². The number of hydrogen-bond acceptors (Lipinski definition) is 3. The van der Waals surface area contributed by atoms with Crippen molar-refractivity contribution in [2.45, 2.75) is 50.2 Å². The quantitative estimate of drug-likeness (QED) is 0.702. The first kappa shape index (κ1) is 12.0. The van der Waals surface area contributed by atoms with Crippen LogP contribution in [-0.2, 0) is 9.84 Å². The van der Waals surface area contributed by atoms with Crippen molar-refractivity contribution in [1.29, 1.82) is 0 Å². The Morgan fingerprint density at radius 3 is 2.36 bits per heavy atom. The molecule has 2 atom stereocenters. The summed E-state index contributed by atoms with van der Waals surface area (Å²) in [5.74, 6) is 0. The third kappa shape index (κ3) is 2.28. The van der Waals surface area contributed by atoms with Crippen LogP contribution < -0.4 is 0 Å². The van der Waals surface area contributed by atoms with Crippen LogP contribution in [0.3, 0.4) is 0 Å². The maximum Gasteiger partial charge on any atom is 0.155 e. The monoisotopic (exact) mass is 219 g/mol. The Morgan fingerprint density at radius 1 is 1.36 bits per heavy atom. The molecule has 1 fully saturated rings. The van der Waals surface area contributed by atoms with Crippen molar-refractivity contribution in [3.63, 3.8) is 0 Å². The maximum absolute atomic E-state index is 11.9. The number of likely N-dealkylation sites (tertiary alicyclic amines) is 1. The van der Waals surface area contributed by atoms with Crippen molar-refractivity contribution in [2.24, 2.45) is 0 Å². The third-order valence-corrected chi connectivity index (χ3v) is 5.95. The van der Waals surface area contributed by atoms with Crippen LogP contribution >= 0.6 is 0 Å². The summed E-state index contributed by atoms with van der Waals surface area (Å²) in [6.07, 6.45) is 1.58. The summed E-state index contributed by atoms with van der Waals surface area (Å²) in [5.41, 5.74) is 0. The fourth-order valence-corrected chi connectivity index (χ4v) is 3.68. The van der Waals surface area contributed by atoms with E-state index in [1.807, 2.05) is 0 Å². The molecule has 0 radical (unpaired) electrons. The largest absolute Gasteiger partial charge is 0.304 e. The zero-order chi connectivity index (χ0) is 10.9. The van der Waals surface area contributed by atoms with Gasteiger partial charge in [-0.1, -0.05) is 0 Å². The van der Waals surface area contributed by atoms with Gasteiger partial charge in [-0.3, -0.25) is 0 Å². The average Bonchev–Trinajstić information content (AvgIpc) is 2.09. The van der Waals surface area contributed by atoms with E-state index in [9.17, 15) is 8.42 Å². The zero-order valence-electron chi connectivity index (χ0n) is 9.53. The molecule has 1 aliphatic rings. The van der Waals surface area contributed by atoms with Gasteiger partial charge in [-0.25, -0.2) is 8.42 Å². The molecule has 3 nitrogen and oxygen atoms in total. The molecule has 0 aromatic carbocycles. The van der Waals surface area contributed by atoms with Crippen LogP contribution in [0.25, 0.3) is 0 Å². The summed E-state index contributed by atoms with van der Waals surface area (Å²) in [5, 5.41) is -0.350. The van der Waals surface area contributed by atoms with Crippen molar-refractivity contribution in [3.8, 4) is 0 Å². The first-order chi connectivity index (χ1) is 6.35. The molecule has 0 bridgehead atoms. The Kier molecular flexibility index (Phi) is 3.58. The van der Waals surface area contributed by atoms with Crippen LogP contribution in [0.2, 0.25) is 0 Å². The molecule has 1 heterocycles. The number of nitrogens with zero attached hydrogens (tertiary/aromatic N) is 1. The molecule has 1 aliphatic heterocycles. The lowest BCUT2D eigenvalue weighted by Gasteiger charge is -2.35. The van der Waals surface area contributed by atoms with Crippen molar-refractivity contribution in [2.75, 3.05) is 13.6 Å². The van der Waals surface area contributed by atoms with Gasteiger partial charge in [0.1, 0.15) is 0 Å². The van der Waals surface area contributed by atoms with Crippen LogP contribution in [-0.4, -0.2) is 43.5 Å². The van der Waals surface area contributed by atoms with Gasteiger partial charge in [0.15, 0.2) is 9.84 Å². The molecule has 0 N–H and O–H groups in total. The Labute approximate surface area is 87.4 Å². The SMILES string of the molecule is CC(C)S(=O)(=O)C1CCN(C)[C@@H](C)C1. The molecular weight excluding hydrogens is 198 g/mol. The number of sulfone groups is 1. The minimum atomic E-state index is -2.88. The van der Waals surface area contributed by atoms with Gasteiger partial charge in [-0.15, -0.1) is 0 Å². The van der Waals surface area contributed by atoms with Crippen LogP contribution in [0, 0.1) is 0 Å². The second-order valence-electron chi connectivity index (χ2n) is 4.61. The van der Waals surface area contributed by atoms with Gasteiger partial charge in [-0.05, 0) is 47.2 Å². The Balaban J connectivity index is 2.73. The van der Waals surface area contributed by atoms with Gasteiger partial charge in [-0.2, -0.15) is 0 Å². The molecule has 0 saturated carbocycles. The predicted octanol–water partition coefficient (Wildman–Crippen LogP) is 1.29. The van der Waals surface area contributed by atoms with Crippen LogP contribution in [0.5, 0.6) is 0 Å². The smallest absolute Gasteiger partial charge is 0.155 e. The summed E-state index contributed by atoms with van der Waals surface area (Å²) >= 11 is 0. The zero-order valence-corrected chi connectivity index (χ0v) is 10.3. The Bertz CT molecular complexity index is 284. The average molecular weight is 219 g/mol. The van der Waals surface area contributed by atoms with E-state index >= 15 is 0 Å². The van der Waals surface area contributed by atoms with Crippen molar-refractivity contribution < 1.29 is 8.42 Å². The fraction of sp³-hybridized carbons (Fsp3) is 1.00. The van der Waals surface area contributed by atoms with Gasteiger partial charge < -0.3 is 4.90 Å². The van der Waals surface area contributed by atoms with Gasteiger partial charge in [0.2, 0.25) is 0 Å². The van der Waals surface area contributed by atoms with E-state index in [4.69, 9.17) is 0 Å². The first-order valence-electron chi connectivity index (χ1n) is 5.28. The van der Waals surface area contributed by atoms with Crippen LogP contribution in [0.1, 0.15) is 33.6 Å². The first-order valence-corrected chi connectivity index (χ1v) is 6.89. The van der Waals surface area contributed by atoms with E-state index in [1.54, 1.807) is 13.8 Å². The molecule has 0 aromatic rings. The summed E-state index contributed by atoms with van der Waals surface area (Å²) < 4.78 is 23.8. The highest BCUT2D eigenvalue weighted by molar-refractivity contribution is 7.92. The molecule has 14 heavy (non-hydrogen) atoms. The fourth-order valence-electron chi connectivity index (χ4n) is 1.93. The molecule has 1 saturated heterocycles. The summed E-state index contributed by atoms with van der Waals surface area (Å²) in [7, 11) is -0.825. The second-order valence-corrected chi connectivity index (χ2v) is 7.40. The maximum atomic E-state index is 11.9. The van der Waals surface area contributed by atoms with E-state index in [1.165, 1.54) is 0 Å². The van der Waals surface area contributed by atoms with Gasteiger partial charge >= 0.3 is 0 Å².